The van der Waals surface area contributed by atoms with E-state index in [4.69, 9.17) is 10.8 Å². The molecular formula is C9H9N3O3. The summed E-state index contributed by atoms with van der Waals surface area (Å²) in [5, 5.41) is 28.2. The number of nitrogens with two attached hydrogens (primary N) is 1. The van der Waals surface area contributed by atoms with Crippen LogP contribution in [0.15, 0.2) is 18.3 Å². The Bertz CT molecular complexity index is 484. The molecule has 0 saturated carbocycles. The molecule has 0 aliphatic rings. The number of nitrogens with one attached hydrogen (secondary N) is 1. The Kier molecular flexibility index (Phi) is 1.89. The van der Waals surface area contributed by atoms with Crippen LogP contribution in [0.2, 0.25) is 0 Å². The molecule has 0 amide bonds. The van der Waals surface area contributed by atoms with E-state index in [1.54, 1.807) is 0 Å². The van der Waals surface area contributed by atoms with Crippen LogP contribution >= 0.6 is 0 Å². The van der Waals surface area contributed by atoms with Crippen molar-refractivity contribution in [1.29, 1.82) is 0 Å². The predicted molar refractivity (Wildman–Crippen MR) is 53.4 cm³/mol. The second-order valence-corrected chi connectivity index (χ2v) is 3.04. The fourth-order valence-electron chi connectivity index (χ4n) is 1.34. The number of anilines is 1. The molecule has 0 spiro atoms. The zero-order valence-corrected chi connectivity index (χ0v) is 7.60. The SMILES string of the molecule is Nc1ncc(-c2c(O)cc(O)cc2O)[nH]1. The highest BCUT2D eigenvalue weighted by Gasteiger charge is 2.13. The molecule has 15 heavy (non-hydrogen) atoms. The number of nitrogens with zero attached hydrogens (tertiary/aromatic N) is 1. The van der Waals surface area contributed by atoms with Crippen LogP contribution in [-0.2, 0) is 0 Å². The second kappa shape index (κ2) is 3.09. The molecule has 0 radical (unpaired) electrons. The lowest BCUT2D eigenvalue weighted by molar-refractivity contribution is 0.430. The summed E-state index contributed by atoms with van der Waals surface area (Å²) in [6.45, 7) is 0. The van der Waals surface area contributed by atoms with E-state index in [1.165, 1.54) is 6.20 Å². The third-order valence-electron chi connectivity index (χ3n) is 1.95. The average molecular weight is 207 g/mol. The number of phenolic OH excluding ortho intramolecular Hbond substituents is 3. The van der Waals surface area contributed by atoms with Gasteiger partial charge in [0.15, 0.2) is 5.95 Å². The number of nitrogen functional groups attached to an aromatic ring is 1. The summed E-state index contributed by atoms with van der Waals surface area (Å²) in [6.07, 6.45) is 1.38. The van der Waals surface area contributed by atoms with E-state index in [-0.39, 0.29) is 28.8 Å². The van der Waals surface area contributed by atoms with Gasteiger partial charge in [-0.1, -0.05) is 0 Å². The molecule has 0 atom stereocenters. The molecule has 0 aliphatic heterocycles. The number of aromatic hydroxyl groups is 3. The number of benzene rings is 1. The minimum atomic E-state index is -0.254. The number of imidazole rings is 1. The molecule has 0 unspecified atom stereocenters. The van der Waals surface area contributed by atoms with Crippen molar-refractivity contribution in [1.82, 2.24) is 9.97 Å². The zero-order valence-electron chi connectivity index (χ0n) is 7.60. The van der Waals surface area contributed by atoms with Gasteiger partial charge in [0.05, 0.1) is 17.5 Å². The van der Waals surface area contributed by atoms with Gasteiger partial charge in [0.2, 0.25) is 0 Å². The number of aromatic nitrogens is 2. The van der Waals surface area contributed by atoms with Crippen LogP contribution in [0.4, 0.5) is 5.95 Å². The van der Waals surface area contributed by atoms with Crippen molar-refractivity contribution in [2.45, 2.75) is 0 Å². The van der Waals surface area contributed by atoms with Gasteiger partial charge in [-0.15, -0.1) is 0 Å². The van der Waals surface area contributed by atoms with Gasteiger partial charge in [0, 0.05) is 12.1 Å². The standard InChI is InChI=1S/C9H9N3O3/c10-9-11-3-5(12-9)8-6(14)1-4(13)2-7(8)15/h1-3,13-15H,(H3,10,11,12). The van der Waals surface area contributed by atoms with Crippen LogP contribution in [0, 0.1) is 0 Å². The van der Waals surface area contributed by atoms with Crippen LogP contribution in [0.5, 0.6) is 17.2 Å². The van der Waals surface area contributed by atoms with E-state index < -0.39 is 0 Å². The summed E-state index contributed by atoms with van der Waals surface area (Å²) in [4.78, 5) is 6.39. The fourth-order valence-corrected chi connectivity index (χ4v) is 1.34. The van der Waals surface area contributed by atoms with E-state index in [0.29, 0.717) is 5.69 Å². The Labute approximate surface area is 84.6 Å². The Balaban J connectivity index is 2.62. The highest BCUT2D eigenvalue weighted by Crippen LogP contribution is 2.39. The topological polar surface area (TPSA) is 115 Å². The monoisotopic (exact) mass is 207 g/mol. The first-order valence-corrected chi connectivity index (χ1v) is 4.13. The molecule has 0 saturated heterocycles. The number of hydrogen-bond acceptors (Lipinski definition) is 5. The Morgan fingerprint density at radius 2 is 1.73 bits per heavy atom. The first-order valence-electron chi connectivity index (χ1n) is 4.13. The predicted octanol–water partition coefficient (Wildman–Crippen LogP) is 0.776. The van der Waals surface area contributed by atoms with Crippen LogP contribution < -0.4 is 5.73 Å². The van der Waals surface area contributed by atoms with Gasteiger partial charge in [-0.05, 0) is 0 Å². The van der Waals surface area contributed by atoms with Gasteiger partial charge in [-0.3, -0.25) is 0 Å². The lowest BCUT2D eigenvalue weighted by Crippen LogP contribution is -1.86. The van der Waals surface area contributed by atoms with E-state index in [0.717, 1.165) is 12.1 Å². The maximum absolute atomic E-state index is 9.53. The largest absolute Gasteiger partial charge is 0.508 e. The molecule has 1 aromatic heterocycles. The van der Waals surface area contributed by atoms with Crippen molar-refractivity contribution in [3.05, 3.63) is 18.3 Å². The summed E-state index contributed by atoms with van der Waals surface area (Å²) >= 11 is 0. The highest BCUT2D eigenvalue weighted by molar-refractivity contribution is 5.75. The van der Waals surface area contributed by atoms with Gasteiger partial charge in [-0.25, -0.2) is 4.98 Å². The number of H-pyrrole nitrogens is 1. The molecule has 2 rings (SSSR count). The quantitative estimate of drug-likeness (QED) is 0.473. The lowest BCUT2D eigenvalue weighted by atomic mass is 10.1. The highest BCUT2D eigenvalue weighted by atomic mass is 16.3. The van der Waals surface area contributed by atoms with Crippen LogP contribution in [0.25, 0.3) is 11.3 Å². The van der Waals surface area contributed by atoms with E-state index in [9.17, 15) is 10.2 Å². The maximum Gasteiger partial charge on any atom is 0.197 e. The van der Waals surface area contributed by atoms with E-state index in [1.807, 2.05) is 0 Å². The van der Waals surface area contributed by atoms with Gasteiger partial charge in [0.25, 0.3) is 0 Å². The van der Waals surface area contributed by atoms with Crippen LogP contribution in [-0.4, -0.2) is 25.3 Å². The average Bonchev–Trinajstić information content (AvgIpc) is 2.49. The summed E-state index contributed by atoms with van der Waals surface area (Å²) in [5.74, 6) is -0.551. The Morgan fingerprint density at radius 1 is 1.13 bits per heavy atom. The first-order chi connectivity index (χ1) is 7.08. The molecule has 2 aromatic rings. The van der Waals surface area contributed by atoms with Crippen molar-refractivity contribution in [3.8, 4) is 28.5 Å². The molecule has 6 N–H and O–H groups in total. The number of hydrogen-bond donors (Lipinski definition) is 5. The molecular weight excluding hydrogens is 198 g/mol. The molecule has 0 bridgehead atoms. The summed E-state index contributed by atoms with van der Waals surface area (Å²) < 4.78 is 0. The van der Waals surface area contributed by atoms with Crippen molar-refractivity contribution in [2.75, 3.05) is 5.73 Å². The minimum Gasteiger partial charge on any atom is -0.508 e. The number of aromatic amines is 1. The molecule has 1 heterocycles. The fraction of sp³-hybridized carbons (Fsp3) is 0. The maximum atomic E-state index is 9.53. The van der Waals surface area contributed by atoms with E-state index in [2.05, 4.69) is 9.97 Å². The van der Waals surface area contributed by atoms with Crippen molar-refractivity contribution < 1.29 is 15.3 Å². The van der Waals surface area contributed by atoms with E-state index >= 15 is 0 Å². The summed E-state index contributed by atoms with van der Waals surface area (Å²) in [5.41, 5.74) is 5.89. The summed E-state index contributed by atoms with van der Waals surface area (Å²) in [7, 11) is 0. The third-order valence-corrected chi connectivity index (χ3v) is 1.95. The van der Waals surface area contributed by atoms with Crippen LogP contribution in [0.3, 0.4) is 0 Å². The molecule has 1 aromatic carbocycles. The van der Waals surface area contributed by atoms with Gasteiger partial charge in [-0.2, -0.15) is 0 Å². The van der Waals surface area contributed by atoms with Crippen molar-refractivity contribution in [2.24, 2.45) is 0 Å². The summed E-state index contributed by atoms with van der Waals surface area (Å²) in [6, 6.07) is 2.23. The lowest BCUT2D eigenvalue weighted by Gasteiger charge is -2.05. The molecule has 0 fully saturated rings. The van der Waals surface area contributed by atoms with Gasteiger partial charge in [0.1, 0.15) is 17.2 Å². The normalized spacial score (nSPS) is 10.4. The van der Waals surface area contributed by atoms with Gasteiger partial charge >= 0.3 is 0 Å². The van der Waals surface area contributed by atoms with Crippen molar-refractivity contribution in [3.63, 3.8) is 0 Å². The van der Waals surface area contributed by atoms with Gasteiger partial charge < -0.3 is 26.0 Å². The molecule has 6 nitrogen and oxygen atoms in total. The molecule has 6 heteroatoms. The number of rotatable bonds is 1. The zero-order chi connectivity index (χ0) is 11.0. The molecule has 78 valence electrons. The molecule has 0 aliphatic carbocycles. The number of phenols is 3. The minimum absolute atomic E-state index is 0.150. The first kappa shape index (κ1) is 9.20. The smallest absolute Gasteiger partial charge is 0.197 e. The van der Waals surface area contributed by atoms with Crippen molar-refractivity contribution >= 4 is 5.95 Å². The third kappa shape index (κ3) is 1.52. The Morgan fingerprint density at radius 3 is 2.20 bits per heavy atom. The van der Waals surface area contributed by atoms with Crippen LogP contribution in [0.1, 0.15) is 0 Å². The Hall–Kier alpha value is -2.37. The second-order valence-electron chi connectivity index (χ2n) is 3.04.